The zero-order valence-electron chi connectivity index (χ0n) is 27.9. The Morgan fingerprint density at radius 1 is 1.04 bits per heavy atom. The molecule has 0 aliphatic carbocycles. The summed E-state index contributed by atoms with van der Waals surface area (Å²) in [6.07, 6.45) is 7.34. The van der Waals surface area contributed by atoms with Gasteiger partial charge >= 0.3 is 6.09 Å². The van der Waals surface area contributed by atoms with E-state index in [9.17, 15) is 4.79 Å². The maximum Gasteiger partial charge on any atom is 0.407 e. The smallest absolute Gasteiger partial charge is 0.407 e. The largest absolute Gasteiger partial charge is 0.481 e. The van der Waals surface area contributed by atoms with Crippen LogP contribution in [0, 0.1) is 0 Å². The van der Waals surface area contributed by atoms with Gasteiger partial charge in [0, 0.05) is 61.6 Å². The number of aromatic nitrogens is 4. The van der Waals surface area contributed by atoms with Crippen LogP contribution < -0.4 is 15.0 Å². The first-order valence-corrected chi connectivity index (χ1v) is 20.2. The monoisotopic (exact) mass is 664 g/mol. The van der Waals surface area contributed by atoms with Gasteiger partial charge in [-0.25, -0.2) is 19.7 Å². The summed E-state index contributed by atoms with van der Waals surface area (Å²) in [5.41, 5.74) is 3.37. The molecule has 0 spiro atoms. The molecule has 4 aromatic rings. The number of nitrogens with zero attached hydrogens (tertiary/aromatic N) is 5. The van der Waals surface area contributed by atoms with Crippen LogP contribution >= 0.6 is 11.6 Å². The molecule has 12 heteroatoms. The van der Waals surface area contributed by atoms with Gasteiger partial charge in [0.15, 0.2) is 5.65 Å². The number of carbonyl (C=O) groups is 1. The number of hydrogen-bond acceptors (Lipinski definition) is 8. The molecule has 2 saturated heterocycles. The number of amides is 1. The lowest BCUT2D eigenvalue weighted by Crippen LogP contribution is -2.51. The van der Waals surface area contributed by atoms with E-state index in [0.717, 1.165) is 65.2 Å². The molecule has 2 aliphatic heterocycles. The maximum absolute atomic E-state index is 12.5. The number of methoxy groups -OCH3 is 1. The molecule has 2 bridgehead atoms. The van der Waals surface area contributed by atoms with Gasteiger partial charge in [0.2, 0.25) is 5.88 Å². The van der Waals surface area contributed by atoms with Crippen molar-refractivity contribution in [1.82, 2.24) is 24.8 Å². The summed E-state index contributed by atoms with van der Waals surface area (Å²) >= 11 is 7.03. The third-order valence-corrected chi connectivity index (χ3v) is 10.9. The van der Waals surface area contributed by atoms with Crippen LogP contribution in [0.25, 0.3) is 33.2 Å². The van der Waals surface area contributed by atoms with Crippen LogP contribution in [-0.4, -0.2) is 71.1 Å². The number of hydrogen-bond donors (Lipinski definition) is 1. The van der Waals surface area contributed by atoms with Crippen LogP contribution in [0.3, 0.4) is 0 Å². The molecular formula is C34H45ClN6O4Si. The fraction of sp³-hybridized carbons (Fsp3) is 0.529. The van der Waals surface area contributed by atoms with Crippen LogP contribution in [0.4, 0.5) is 10.6 Å². The molecule has 0 radical (unpaired) electrons. The van der Waals surface area contributed by atoms with Gasteiger partial charge < -0.3 is 29.0 Å². The number of carbonyl (C=O) groups excluding carboxylic acids is 1. The fourth-order valence-electron chi connectivity index (χ4n) is 6.60. The number of piperidine rings is 1. The number of fused-ring (bicyclic) bond motifs is 4. The van der Waals surface area contributed by atoms with E-state index in [2.05, 4.69) is 34.8 Å². The van der Waals surface area contributed by atoms with Crippen LogP contribution in [0.1, 0.15) is 46.5 Å². The number of ether oxygens (including phenoxy) is 3. The summed E-state index contributed by atoms with van der Waals surface area (Å²) in [6.45, 7) is 13.8. The molecule has 2 atom stereocenters. The normalized spacial score (nSPS) is 20.0. The minimum atomic E-state index is -1.24. The number of halogens is 1. The van der Waals surface area contributed by atoms with Crippen molar-refractivity contribution in [2.45, 2.75) is 103 Å². The summed E-state index contributed by atoms with van der Waals surface area (Å²) in [5.74, 6) is 1.36. The van der Waals surface area contributed by atoms with Gasteiger partial charge in [-0.1, -0.05) is 43.4 Å². The SMILES string of the molecule is COc1ccc2ccc(-c3cn(COCC[Si](C)(C)C)c4nc(N5C6CCC5CC(NC(=O)OC(C)(C)C)C6)cnc34)c(Cl)c2n1. The first kappa shape index (κ1) is 32.5. The molecule has 1 N–H and O–H groups in total. The first-order valence-electron chi connectivity index (χ1n) is 16.1. The molecule has 3 aromatic heterocycles. The highest BCUT2D eigenvalue weighted by molar-refractivity contribution is 6.76. The summed E-state index contributed by atoms with van der Waals surface area (Å²) < 4.78 is 19.2. The van der Waals surface area contributed by atoms with Crippen molar-refractivity contribution in [2.75, 3.05) is 18.6 Å². The topological polar surface area (TPSA) is 104 Å². The van der Waals surface area contributed by atoms with E-state index >= 15 is 0 Å². The van der Waals surface area contributed by atoms with Crippen LogP contribution in [-0.2, 0) is 16.2 Å². The second-order valence-corrected chi connectivity index (χ2v) is 20.7. The average Bonchev–Trinajstić information content (AvgIpc) is 3.47. The van der Waals surface area contributed by atoms with E-state index < -0.39 is 13.7 Å². The molecule has 2 fully saturated rings. The predicted molar refractivity (Wildman–Crippen MR) is 186 cm³/mol. The lowest BCUT2D eigenvalue weighted by Gasteiger charge is -2.39. The van der Waals surface area contributed by atoms with Gasteiger partial charge in [0.25, 0.3) is 0 Å². The van der Waals surface area contributed by atoms with E-state index in [4.69, 9.17) is 35.8 Å². The fourth-order valence-corrected chi connectivity index (χ4v) is 7.67. The highest BCUT2D eigenvalue weighted by Crippen LogP contribution is 2.41. The number of alkyl carbamates (subject to hydrolysis) is 1. The first-order chi connectivity index (χ1) is 21.8. The molecule has 2 aliphatic rings. The van der Waals surface area contributed by atoms with Crippen molar-refractivity contribution in [1.29, 1.82) is 0 Å². The Morgan fingerprint density at radius 2 is 1.76 bits per heavy atom. The molecule has 1 aromatic carbocycles. The van der Waals surface area contributed by atoms with Crippen molar-refractivity contribution < 1.29 is 19.0 Å². The highest BCUT2D eigenvalue weighted by atomic mass is 35.5. The van der Waals surface area contributed by atoms with E-state index in [0.29, 0.717) is 29.8 Å². The van der Waals surface area contributed by atoms with Crippen molar-refractivity contribution in [3.63, 3.8) is 0 Å². The third kappa shape index (κ3) is 6.96. The van der Waals surface area contributed by atoms with Gasteiger partial charge in [-0.15, -0.1) is 0 Å². The number of benzene rings is 1. The highest BCUT2D eigenvalue weighted by Gasteiger charge is 2.42. The molecular weight excluding hydrogens is 620 g/mol. The van der Waals surface area contributed by atoms with Crippen molar-refractivity contribution in [2.24, 2.45) is 0 Å². The standard InChI is InChI=1S/C34H45ClN6O4Si/c1-34(2,3)45-33(42)37-22-16-23-10-11-24(17-22)41(23)27-18-36-31-26(19-40(32(31)38-27)20-44-14-15-46(5,6)7)25-12-8-21-9-13-28(43-4)39-30(21)29(25)35/h8-9,12-13,18-19,22-24H,10-11,14-17,20H2,1-7H3,(H,37,42). The second-order valence-electron chi connectivity index (χ2n) is 14.7. The zero-order valence-corrected chi connectivity index (χ0v) is 29.6. The Bertz CT molecular complexity index is 1740. The van der Waals surface area contributed by atoms with E-state index in [1.807, 2.05) is 62.0 Å². The summed E-state index contributed by atoms with van der Waals surface area (Å²) in [7, 11) is 0.355. The summed E-state index contributed by atoms with van der Waals surface area (Å²) in [4.78, 5) is 29.8. The minimum Gasteiger partial charge on any atom is -0.481 e. The number of nitrogens with one attached hydrogen (secondary N) is 1. The van der Waals surface area contributed by atoms with E-state index in [1.165, 1.54) is 0 Å². The van der Waals surface area contributed by atoms with Crippen LogP contribution in [0.2, 0.25) is 30.7 Å². The Morgan fingerprint density at radius 3 is 2.43 bits per heavy atom. The lowest BCUT2D eigenvalue weighted by molar-refractivity contribution is 0.0492. The number of rotatable bonds is 9. The second kappa shape index (κ2) is 12.7. The Balaban J connectivity index is 1.32. The number of anilines is 1. The molecule has 246 valence electrons. The molecule has 0 saturated carbocycles. The predicted octanol–water partition coefficient (Wildman–Crippen LogP) is 7.65. The maximum atomic E-state index is 12.5. The average molecular weight is 665 g/mol. The minimum absolute atomic E-state index is 0.0674. The molecule has 2 unspecified atom stereocenters. The molecule has 6 rings (SSSR count). The third-order valence-electron chi connectivity index (χ3n) is 8.77. The Kier molecular flexibility index (Phi) is 8.95. The van der Waals surface area contributed by atoms with Gasteiger partial charge in [-0.3, -0.25) is 0 Å². The van der Waals surface area contributed by atoms with Gasteiger partial charge in [0.1, 0.15) is 23.7 Å². The zero-order chi connectivity index (χ0) is 32.8. The summed E-state index contributed by atoms with van der Waals surface area (Å²) in [5, 5.41) is 4.58. The van der Waals surface area contributed by atoms with Crippen molar-refractivity contribution >= 4 is 53.7 Å². The van der Waals surface area contributed by atoms with Gasteiger partial charge in [-0.2, -0.15) is 0 Å². The molecule has 5 heterocycles. The lowest BCUT2D eigenvalue weighted by atomic mass is 9.97. The van der Waals surface area contributed by atoms with Crippen LogP contribution in [0.15, 0.2) is 36.7 Å². The summed E-state index contributed by atoms with van der Waals surface area (Å²) in [6, 6.07) is 9.49. The van der Waals surface area contributed by atoms with Crippen molar-refractivity contribution in [3.05, 3.63) is 41.7 Å². The quantitative estimate of drug-likeness (QED) is 0.144. The van der Waals surface area contributed by atoms with E-state index in [-0.39, 0.29) is 24.2 Å². The molecule has 1 amide bonds. The number of pyridine rings is 1. The Labute approximate surface area is 276 Å². The molecule has 10 nitrogen and oxygen atoms in total. The van der Waals surface area contributed by atoms with Gasteiger partial charge in [-0.05, 0) is 58.6 Å². The van der Waals surface area contributed by atoms with Crippen LogP contribution in [0.5, 0.6) is 5.88 Å². The Hall–Kier alpha value is -3.41. The van der Waals surface area contributed by atoms with Gasteiger partial charge in [0.05, 0.1) is 23.8 Å². The van der Waals surface area contributed by atoms with Crippen molar-refractivity contribution in [3.8, 4) is 17.0 Å². The molecule has 46 heavy (non-hydrogen) atoms. The van der Waals surface area contributed by atoms with E-state index in [1.54, 1.807) is 7.11 Å².